The summed E-state index contributed by atoms with van der Waals surface area (Å²) in [6, 6.07) is 16.2. The number of methoxy groups -OCH3 is 2. The van der Waals surface area contributed by atoms with Crippen molar-refractivity contribution in [1.29, 1.82) is 0 Å². The summed E-state index contributed by atoms with van der Waals surface area (Å²) in [5.74, 6) is 1.63. The summed E-state index contributed by atoms with van der Waals surface area (Å²) in [6.07, 6.45) is 0. The molecule has 144 valence electrons. The van der Waals surface area contributed by atoms with Crippen molar-refractivity contribution in [3.63, 3.8) is 0 Å². The number of hydrogen-bond donors (Lipinski definition) is 0. The Bertz CT molecular complexity index is 1060. The number of hydrogen-bond acceptors (Lipinski definition) is 6. The molecule has 4 aromatic rings. The van der Waals surface area contributed by atoms with Gasteiger partial charge in [-0.2, -0.15) is 0 Å². The number of thioether (sulfide) groups is 1. The van der Waals surface area contributed by atoms with Gasteiger partial charge >= 0.3 is 0 Å². The first-order chi connectivity index (χ1) is 13.8. The number of fused-ring (bicyclic) bond motifs is 1. The van der Waals surface area contributed by atoms with Gasteiger partial charge in [-0.25, -0.2) is 9.97 Å². The molecule has 0 bridgehead atoms. The maximum absolute atomic E-state index is 5.27. The molecule has 5 nitrogen and oxygen atoms in total. The summed E-state index contributed by atoms with van der Waals surface area (Å²) < 4.78 is 12.7. The molecule has 2 aromatic carbocycles. The fourth-order valence-electron chi connectivity index (χ4n) is 2.94. The van der Waals surface area contributed by atoms with E-state index < -0.39 is 0 Å². The van der Waals surface area contributed by atoms with Crippen LogP contribution in [-0.2, 0) is 17.0 Å². The molecule has 0 unspecified atom stereocenters. The van der Waals surface area contributed by atoms with Crippen LogP contribution in [0.4, 0.5) is 0 Å². The van der Waals surface area contributed by atoms with Crippen molar-refractivity contribution in [2.75, 3.05) is 20.8 Å². The second-order valence-electron chi connectivity index (χ2n) is 6.19. The van der Waals surface area contributed by atoms with E-state index >= 15 is 0 Å². The Morgan fingerprint density at radius 2 is 1.86 bits per heavy atom. The molecule has 0 aliphatic heterocycles. The van der Waals surface area contributed by atoms with E-state index in [0.29, 0.717) is 6.61 Å². The van der Waals surface area contributed by atoms with E-state index in [9.17, 15) is 0 Å². The molecule has 7 heteroatoms. The first-order valence-electron chi connectivity index (χ1n) is 8.94. The Morgan fingerprint density at radius 3 is 2.64 bits per heavy atom. The van der Waals surface area contributed by atoms with Crippen LogP contribution in [0.25, 0.3) is 21.6 Å². The third-order valence-corrected chi connectivity index (χ3v) is 6.33. The van der Waals surface area contributed by atoms with Gasteiger partial charge in [0.05, 0.1) is 30.4 Å². The predicted octanol–water partition coefficient (Wildman–Crippen LogP) is 5.11. The normalized spacial score (nSPS) is 11.2. The van der Waals surface area contributed by atoms with Crippen molar-refractivity contribution in [3.05, 3.63) is 59.6 Å². The number of benzene rings is 2. The molecule has 0 aliphatic carbocycles. The fraction of sp³-hybridized carbons (Fsp3) is 0.238. The van der Waals surface area contributed by atoms with Crippen LogP contribution in [0.3, 0.4) is 0 Å². The van der Waals surface area contributed by atoms with E-state index in [2.05, 4.69) is 16.0 Å². The van der Waals surface area contributed by atoms with Crippen LogP contribution >= 0.6 is 23.1 Å². The Labute approximate surface area is 172 Å². The van der Waals surface area contributed by atoms with Crippen molar-refractivity contribution >= 4 is 34.1 Å². The minimum atomic E-state index is 0.659. The molecular formula is C21H21N3O2S2. The lowest BCUT2D eigenvalue weighted by Crippen LogP contribution is -2.05. The van der Waals surface area contributed by atoms with E-state index in [1.165, 1.54) is 0 Å². The van der Waals surface area contributed by atoms with Crippen LogP contribution in [0.5, 0.6) is 5.75 Å². The first-order valence-corrected chi connectivity index (χ1v) is 10.8. The average Bonchev–Trinajstić information content (AvgIpc) is 3.35. The minimum absolute atomic E-state index is 0.659. The predicted molar refractivity (Wildman–Crippen MR) is 115 cm³/mol. The lowest BCUT2D eigenvalue weighted by Gasteiger charge is -2.07. The molecule has 0 atom stereocenters. The molecule has 0 amide bonds. The van der Waals surface area contributed by atoms with Gasteiger partial charge in [0.15, 0.2) is 5.16 Å². The van der Waals surface area contributed by atoms with Crippen LogP contribution in [0.2, 0.25) is 0 Å². The van der Waals surface area contributed by atoms with E-state index in [4.69, 9.17) is 19.4 Å². The molecule has 0 fully saturated rings. The number of aromatic nitrogens is 3. The van der Waals surface area contributed by atoms with Crippen LogP contribution in [0.1, 0.15) is 5.69 Å². The van der Waals surface area contributed by atoms with Gasteiger partial charge < -0.3 is 14.0 Å². The molecule has 0 spiro atoms. The van der Waals surface area contributed by atoms with Gasteiger partial charge in [-0.05, 0) is 36.4 Å². The van der Waals surface area contributed by atoms with Crippen molar-refractivity contribution in [2.24, 2.45) is 0 Å². The second-order valence-corrected chi connectivity index (χ2v) is 7.99. The Hall–Kier alpha value is -2.35. The molecule has 0 radical (unpaired) electrons. The topological polar surface area (TPSA) is 49.2 Å². The van der Waals surface area contributed by atoms with Crippen LogP contribution in [0, 0.1) is 0 Å². The molecule has 2 aromatic heterocycles. The molecule has 4 rings (SSSR count). The summed E-state index contributed by atoms with van der Waals surface area (Å²) >= 11 is 3.37. The van der Waals surface area contributed by atoms with Gasteiger partial charge in [0.25, 0.3) is 0 Å². The van der Waals surface area contributed by atoms with Gasteiger partial charge in [0.1, 0.15) is 10.8 Å². The number of para-hydroxylation sites is 2. The highest BCUT2D eigenvalue weighted by atomic mass is 32.2. The fourth-order valence-corrected chi connectivity index (χ4v) is 4.80. The van der Waals surface area contributed by atoms with Crippen molar-refractivity contribution in [2.45, 2.75) is 17.5 Å². The van der Waals surface area contributed by atoms with Crippen molar-refractivity contribution in [3.8, 4) is 16.3 Å². The lowest BCUT2D eigenvalue weighted by molar-refractivity contribution is 0.186. The van der Waals surface area contributed by atoms with E-state index in [1.807, 2.05) is 42.5 Å². The molecule has 28 heavy (non-hydrogen) atoms. The third-order valence-electron chi connectivity index (χ3n) is 4.38. The summed E-state index contributed by atoms with van der Waals surface area (Å²) in [4.78, 5) is 9.59. The molecule has 2 heterocycles. The summed E-state index contributed by atoms with van der Waals surface area (Å²) in [6.45, 7) is 1.44. The zero-order chi connectivity index (χ0) is 19.3. The number of ether oxygens (including phenoxy) is 2. The van der Waals surface area contributed by atoms with E-state index in [1.54, 1.807) is 37.3 Å². The number of thiazole rings is 1. The Kier molecular flexibility index (Phi) is 5.95. The van der Waals surface area contributed by atoms with E-state index in [0.717, 1.165) is 50.5 Å². The van der Waals surface area contributed by atoms with Gasteiger partial charge in [0, 0.05) is 30.4 Å². The van der Waals surface area contributed by atoms with Crippen LogP contribution < -0.4 is 4.74 Å². The third kappa shape index (κ3) is 4.06. The van der Waals surface area contributed by atoms with Crippen LogP contribution in [-0.4, -0.2) is 35.4 Å². The number of rotatable bonds is 8. The van der Waals surface area contributed by atoms with Gasteiger partial charge in [-0.15, -0.1) is 11.3 Å². The largest absolute Gasteiger partial charge is 0.497 e. The maximum Gasteiger partial charge on any atom is 0.169 e. The van der Waals surface area contributed by atoms with Crippen molar-refractivity contribution < 1.29 is 9.47 Å². The average molecular weight is 412 g/mol. The highest BCUT2D eigenvalue weighted by molar-refractivity contribution is 7.98. The standard InChI is InChI=1S/C21H21N3O2S2/c1-25-12-11-24-19-6-4-3-5-18(19)23-21(24)28-14-16-13-27-20(22-16)15-7-9-17(26-2)10-8-15/h3-10,13H,11-12,14H2,1-2H3. The summed E-state index contributed by atoms with van der Waals surface area (Å²) in [7, 11) is 3.40. The number of nitrogens with zero attached hydrogens (tertiary/aromatic N) is 3. The smallest absolute Gasteiger partial charge is 0.169 e. The zero-order valence-corrected chi connectivity index (χ0v) is 17.4. The van der Waals surface area contributed by atoms with Crippen molar-refractivity contribution in [1.82, 2.24) is 14.5 Å². The minimum Gasteiger partial charge on any atom is -0.497 e. The highest BCUT2D eigenvalue weighted by Crippen LogP contribution is 2.30. The second kappa shape index (κ2) is 8.77. The quantitative estimate of drug-likeness (QED) is 0.377. The van der Waals surface area contributed by atoms with Crippen LogP contribution in [0.15, 0.2) is 59.1 Å². The monoisotopic (exact) mass is 411 g/mol. The van der Waals surface area contributed by atoms with Gasteiger partial charge in [-0.3, -0.25) is 0 Å². The summed E-state index contributed by atoms with van der Waals surface area (Å²) in [5, 5.41) is 4.14. The SMILES string of the molecule is COCCn1c(SCc2csc(-c3ccc(OC)cc3)n2)nc2ccccc21. The highest BCUT2D eigenvalue weighted by Gasteiger charge is 2.12. The molecule has 0 saturated carbocycles. The first kappa shape index (κ1) is 19.0. The molecule has 0 N–H and O–H groups in total. The Morgan fingerprint density at radius 1 is 1.04 bits per heavy atom. The Balaban J connectivity index is 1.51. The maximum atomic E-state index is 5.27. The lowest BCUT2D eigenvalue weighted by atomic mass is 10.2. The molecular weight excluding hydrogens is 390 g/mol. The zero-order valence-electron chi connectivity index (χ0n) is 15.8. The number of imidazole rings is 1. The summed E-state index contributed by atoms with van der Waals surface area (Å²) in [5.41, 5.74) is 4.32. The van der Waals surface area contributed by atoms with Gasteiger partial charge in [-0.1, -0.05) is 23.9 Å². The molecule has 0 aliphatic rings. The van der Waals surface area contributed by atoms with Gasteiger partial charge in [0.2, 0.25) is 0 Å². The molecule has 0 saturated heterocycles. The van der Waals surface area contributed by atoms with E-state index in [-0.39, 0.29) is 0 Å².